The first-order chi connectivity index (χ1) is 10.0. The van der Waals surface area contributed by atoms with Crippen molar-refractivity contribution in [3.8, 4) is 5.75 Å². The van der Waals surface area contributed by atoms with Crippen molar-refractivity contribution >= 4 is 17.3 Å². The van der Waals surface area contributed by atoms with E-state index in [1.54, 1.807) is 0 Å². The van der Waals surface area contributed by atoms with Crippen LogP contribution in [0, 0.1) is 13.8 Å². The molecule has 112 valence electrons. The molecule has 0 amide bonds. The molecule has 0 saturated carbocycles. The van der Waals surface area contributed by atoms with Crippen molar-refractivity contribution in [2.75, 3.05) is 18.5 Å². The molecule has 0 heterocycles. The molecular formula is C17H20ClNO2. The topological polar surface area (TPSA) is 41.5 Å². The van der Waals surface area contributed by atoms with E-state index in [-0.39, 0.29) is 6.61 Å². The van der Waals surface area contributed by atoms with Crippen LogP contribution in [0.5, 0.6) is 5.75 Å². The fraction of sp³-hybridized carbons (Fsp3) is 0.294. The Balaban J connectivity index is 1.82. The number of halogens is 1. The first kappa shape index (κ1) is 15.7. The quantitative estimate of drug-likeness (QED) is 0.853. The summed E-state index contributed by atoms with van der Waals surface area (Å²) in [6.07, 6.45) is -0.609. The summed E-state index contributed by atoms with van der Waals surface area (Å²) < 4.78 is 5.63. The van der Waals surface area contributed by atoms with Crippen LogP contribution in [0.25, 0.3) is 0 Å². The van der Waals surface area contributed by atoms with E-state index in [2.05, 4.69) is 11.4 Å². The first-order valence-corrected chi connectivity index (χ1v) is 7.30. The van der Waals surface area contributed by atoms with Gasteiger partial charge in [0.15, 0.2) is 0 Å². The minimum Gasteiger partial charge on any atom is -0.491 e. The molecule has 0 aliphatic heterocycles. The molecule has 0 radical (unpaired) electrons. The Bertz CT molecular complexity index is 581. The van der Waals surface area contributed by atoms with Gasteiger partial charge in [-0.1, -0.05) is 29.8 Å². The fourth-order valence-electron chi connectivity index (χ4n) is 2.10. The third kappa shape index (κ3) is 4.96. The van der Waals surface area contributed by atoms with E-state index in [1.165, 1.54) is 0 Å². The zero-order valence-corrected chi connectivity index (χ0v) is 13.0. The number of para-hydroxylation sites is 1. The first-order valence-electron chi connectivity index (χ1n) is 6.92. The number of aliphatic hydroxyl groups excluding tert-OH is 1. The van der Waals surface area contributed by atoms with Crippen molar-refractivity contribution in [1.29, 1.82) is 0 Å². The molecule has 4 heteroatoms. The molecule has 3 nitrogen and oxygen atoms in total. The third-order valence-electron chi connectivity index (χ3n) is 3.04. The van der Waals surface area contributed by atoms with Crippen LogP contribution in [0.2, 0.25) is 5.02 Å². The van der Waals surface area contributed by atoms with E-state index >= 15 is 0 Å². The molecule has 0 aliphatic rings. The van der Waals surface area contributed by atoms with Crippen molar-refractivity contribution in [3.63, 3.8) is 0 Å². The summed E-state index contributed by atoms with van der Waals surface area (Å²) in [4.78, 5) is 0. The van der Waals surface area contributed by atoms with Gasteiger partial charge in [0.2, 0.25) is 0 Å². The maximum Gasteiger partial charge on any atom is 0.119 e. The van der Waals surface area contributed by atoms with E-state index in [4.69, 9.17) is 16.3 Å². The Morgan fingerprint density at radius 2 is 1.81 bits per heavy atom. The molecule has 0 aliphatic carbocycles. The molecule has 2 aromatic carbocycles. The molecule has 2 aromatic rings. The van der Waals surface area contributed by atoms with Gasteiger partial charge in [0.1, 0.15) is 18.5 Å². The Hall–Kier alpha value is -1.71. The zero-order chi connectivity index (χ0) is 15.2. The average molecular weight is 306 g/mol. The summed E-state index contributed by atoms with van der Waals surface area (Å²) in [6, 6.07) is 13.5. The van der Waals surface area contributed by atoms with E-state index < -0.39 is 6.10 Å². The number of aryl methyl sites for hydroxylation is 2. The molecule has 0 aromatic heterocycles. The van der Waals surface area contributed by atoms with Gasteiger partial charge in [0.05, 0.1) is 10.7 Å². The Labute approximate surface area is 130 Å². The minimum absolute atomic E-state index is 0.236. The highest BCUT2D eigenvalue weighted by molar-refractivity contribution is 6.33. The van der Waals surface area contributed by atoms with Crippen LogP contribution in [0.4, 0.5) is 5.69 Å². The average Bonchev–Trinajstić information content (AvgIpc) is 2.43. The number of ether oxygens (including phenoxy) is 1. The molecule has 0 spiro atoms. The number of benzene rings is 2. The molecule has 2 N–H and O–H groups in total. The molecule has 1 unspecified atom stereocenters. The lowest BCUT2D eigenvalue weighted by Gasteiger charge is -2.15. The second-order valence-electron chi connectivity index (χ2n) is 5.15. The zero-order valence-electron chi connectivity index (χ0n) is 12.3. The maximum atomic E-state index is 9.97. The van der Waals surface area contributed by atoms with Crippen molar-refractivity contribution in [2.45, 2.75) is 20.0 Å². The van der Waals surface area contributed by atoms with Gasteiger partial charge in [-0.3, -0.25) is 0 Å². The number of anilines is 1. The van der Waals surface area contributed by atoms with Gasteiger partial charge in [-0.15, -0.1) is 0 Å². The number of nitrogens with one attached hydrogen (secondary N) is 1. The standard InChI is InChI=1S/C17H20ClNO2/c1-12-7-13(2)9-15(8-12)21-11-14(20)10-19-17-6-4-3-5-16(17)18/h3-9,14,19-20H,10-11H2,1-2H3. The highest BCUT2D eigenvalue weighted by atomic mass is 35.5. The van der Waals surface area contributed by atoms with Crippen LogP contribution in [0.3, 0.4) is 0 Å². The van der Waals surface area contributed by atoms with Crippen molar-refractivity contribution in [3.05, 3.63) is 58.6 Å². The second-order valence-corrected chi connectivity index (χ2v) is 5.56. The Kier molecular flexibility index (Phi) is 5.48. The number of hydrogen-bond donors (Lipinski definition) is 2. The molecule has 0 fully saturated rings. The maximum absolute atomic E-state index is 9.97. The lowest BCUT2D eigenvalue weighted by Crippen LogP contribution is -2.26. The van der Waals surface area contributed by atoms with Crippen molar-refractivity contribution < 1.29 is 9.84 Å². The summed E-state index contributed by atoms with van der Waals surface area (Å²) in [5.41, 5.74) is 3.10. The summed E-state index contributed by atoms with van der Waals surface area (Å²) in [6.45, 7) is 4.67. The van der Waals surface area contributed by atoms with Crippen LogP contribution in [0.15, 0.2) is 42.5 Å². The molecule has 0 saturated heterocycles. The van der Waals surface area contributed by atoms with Gasteiger partial charge >= 0.3 is 0 Å². The van der Waals surface area contributed by atoms with E-state index in [9.17, 15) is 5.11 Å². The smallest absolute Gasteiger partial charge is 0.119 e. The van der Waals surface area contributed by atoms with Crippen LogP contribution in [0.1, 0.15) is 11.1 Å². The van der Waals surface area contributed by atoms with Crippen LogP contribution in [-0.2, 0) is 0 Å². The molecule has 0 bridgehead atoms. The van der Waals surface area contributed by atoms with Crippen molar-refractivity contribution in [2.24, 2.45) is 0 Å². The van der Waals surface area contributed by atoms with E-state index in [0.717, 1.165) is 22.6 Å². The van der Waals surface area contributed by atoms with Gasteiger partial charge < -0.3 is 15.2 Å². The monoisotopic (exact) mass is 305 g/mol. The number of hydrogen-bond acceptors (Lipinski definition) is 3. The largest absolute Gasteiger partial charge is 0.491 e. The second kappa shape index (κ2) is 7.34. The summed E-state index contributed by atoms with van der Waals surface area (Å²) in [5, 5.41) is 13.7. The molecule has 1 atom stereocenters. The predicted molar refractivity (Wildman–Crippen MR) is 87.4 cm³/mol. The number of aliphatic hydroxyl groups is 1. The van der Waals surface area contributed by atoms with Crippen LogP contribution >= 0.6 is 11.6 Å². The lowest BCUT2D eigenvalue weighted by atomic mass is 10.1. The van der Waals surface area contributed by atoms with Crippen LogP contribution < -0.4 is 10.1 Å². The number of rotatable bonds is 6. The van der Waals surface area contributed by atoms with Crippen LogP contribution in [-0.4, -0.2) is 24.4 Å². The highest BCUT2D eigenvalue weighted by Crippen LogP contribution is 2.20. The molecule has 21 heavy (non-hydrogen) atoms. The third-order valence-corrected chi connectivity index (χ3v) is 3.37. The van der Waals surface area contributed by atoms with Gasteiger partial charge in [0, 0.05) is 6.54 Å². The van der Waals surface area contributed by atoms with Gasteiger partial charge in [-0.2, -0.15) is 0 Å². The summed E-state index contributed by atoms with van der Waals surface area (Å²) >= 11 is 6.04. The summed E-state index contributed by atoms with van der Waals surface area (Å²) in [5.74, 6) is 0.782. The molecule has 2 rings (SSSR count). The molecular weight excluding hydrogens is 286 g/mol. The van der Waals surface area contributed by atoms with E-state index in [1.807, 2.05) is 50.2 Å². The van der Waals surface area contributed by atoms with E-state index in [0.29, 0.717) is 11.6 Å². The Morgan fingerprint density at radius 3 is 2.48 bits per heavy atom. The minimum atomic E-state index is -0.609. The fourth-order valence-corrected chi connectivity index (χ4v) is 2.30. The van der Waals surface area contributed by atoms with Gasteiger partial charge in [-0.05, 0) is 49.2 Å². The van der Waals surface area contributed by atoms with Crippen molar-refractivity contribution in [1.82, 2.24) is 0 Å². The lowest BCUT2D eigenvalue weighted by molar-refractivity contribution is 0.117. The van der Waals surface area contributed by atoms with Gasteiger partial charge in [-0.25, -0.2) is 0 Å². The predicted octanol–water partition coefficient (Wildman–Crippen LogP) is 3.81. The SMILES string of the molecule is Cc1cc(C)cc(OCC(O)CNc2ccccc2Cl)c1. The normalized spacial score (nSPS) is 12.0. The summed E-state index contributed by atoms with van der Waals surface area (Å²) in [7, 11) is 0. The van der Waals surface area contributed by atoms with Gasteiger partial charge in [0.25, 0.3) is 0 Å². The Morgan fingerprint density at radius 1 is 1.14 bits per heavy atom. The highest BCUT2D eigenvalue weighted by Gasteiger charge is 2.07.